The van der Waals surface area contributed by atoms with Crippen LogP contribution in [0.25, 0.3) is 10.2 Å². The van der Waals surface area contributed by atoms with Gasteiger partial charge in [-0.3, -0.25) is 4.79 Å². The van der Waals surface area contributed by atoms with Crippen molar-refractivity contribution in [1.29, 1.82) is 0 Å². The van der Waals surface area contributed by atoms with Crippen molar-refractivity contribution in [1.82, 2.24) is 9.97 Å². The normalized spacial score (nSPS) is 10.8. The van der Waals surface area contributed by atoms with Crippen molar-refractivity contribution in [3.8, 4) is 5.88 Å². The van der Waals surface area contributed by atoms with Gasteiger partial charge in [0.25, 0.3) is 5.91 Å². The maximum atomic E-state index is 12.7. The van der Waals surface area contributed by atoms with Crippen molar-refractivity contribution >= 4 is 44.7 Å². The van der Waals surface area contributed by atoms with Crippen LogP contribution in [0.5, 0.6) is 5.88 Å². The minimum atomic E-state index is -0.177. The van der Waals surface area contributed by atoms with E-state index in [9.17, 15) is 4.79 Å². The number of hydrogen-bond donors (Lipinski definition) is 1. The van der Waals surface area contributed by atoms with Gasteiger partial charge in [0.15, 0.2) is 0 Å². The second-order valence-electron chi connectivity index (χ2n) is 5.26. The fraction of sp³-hybridized carbons (Fsp3) is 0.235. The molecule has 2 aromatic heterocycles. The Morgan fingerprint density at radius 2 is 2.12 bits per heavy atom. The molecule has 0 aliphatic rings. The van der Waals surface area contributed by atoms with Crippen LogP contribution < -0.4 is 10.1 Å². The third-order valence-electron chi connectivity index (χ3n) is 3.62. The second kappa shape index (κ2) is 6.75. The molecule has 0 aliphatic carbocycles. The number of anilines is 1. The number of hydrogen-bond acceptors (Lipinski definition) is 5. The molecule has 0 atom stereocenters. The highest BCUT2D eigenvalue weighted by atomic mass is 35.5. The monoisotopic (exact) mass is 361 g/mol. The lowest BCUT2D eigenvalue weighted by Crippen LogP contribution is -2.12. The molecule has 1 aromatic carbocycles. The number of nitrogens with one attached hydrogen (secondary N) is 1. The minimum Gasteiger partial charge on any atom is -0.477 e. The molecule has 1 N–H and O–H groups in total. The Hall–Kier alpha value is -2.18. The molecule has 0 bridgehead atoms. The van der Waals surface area contributed by atoms with E-state index in [0.717, 1.165) is 27.0 Å². The van der Waals surface area contributed by atoms with Gasteiger partial charge in [-0.25, -0.2) is 9.97 Å². The molecule has 0 unspecified atom stereocenters. The van der Waals surface area contributed by atoms with Crippen molar-refractivity contribution in [3.63, 3.8) is 0 Å². The first-order chi connectivity index (χ1) is 11.5. The Kier molecular flexibility index (Phi) is 4.69. The first-order valence-corrected chi connectivity index (χ1v) is 8.65. The third-order valence-corrected chi connectivity index (χ3v) is 5.05. The van der Waals surface area contributed by atoms with Crippen LogP contribution in [0.1, 0.15) is 27.7 Å². The van der Waals surface area contributed by atoms with Gasteiger partial charge >= 0.3 is 0 Å². The SMILES string of the molecule is CCOc1ncnc2sc(C(=O)Nc3ccc(Cl)cc3C)c(C)c12. The van der Waals surface area contributed by atoms with Crippen LogP contribution in [-0.4, -0.2) is 22.5 Å². The molecular weight excluding hydrogens is 346 g/mol. The maximum Gasteiger partial charge on any atom is 0.266 e. The summed E-state index contributed by atoms with van der Waals surface area (Å²) in [5, 5.41) is 4.36. The number of thiophene rings is 1. The Morgan fingerprint density at radius 3 is 2.83 bits per heavy atom. The number of halogens is 1. The summed E-state index contributed by atoms with van der Waals surface area (Å²) >= 11 is 7.29. The summed E-state index contributed by atoms with van der Waals surface area (Å²) in [7, 11) is 0. The highest BCUT2D eigenvalue weighted by Crippen LogP contribution is 2.35. The summed E-state index contributed by atoms with van der Waals surface area (Å²) in [5.74, 6) is 0.335. The van der Waals surface area contributed by atoms with Crippen molar-refractivity contribution in [3.05, 3.63) is 45.6 Å². The predicted octanol–water partition coefficient (Wildman–Crippen LogP) is 4.61. The minimum absolute atomic E-state index is 0.177. The second-order valence-corrected chi connectivity index (χ2v) is 6.70. The molecule has 0 saturated carbocycles. The van der Waals surface area contributed by atoms with E-state index in [-0.39, 0.29) is 5.91 Å². The van der Waals surface area contributed by atoms with Crippen LogP contribution in [0.4, 0.5) is 5.69 Å². The summed E-state index contributed by atoms with van der Waals surface area (Å²) in [5.41, 5.74) is 2.46. The number of carbonyl (C=O) groups is 1. The van der Waals surface area contributed by atoms with E-state index in [1.54, 1.807) is 12.1 Å². The van der Waals surface area contributed by atoms with Gasteiger partial charge in [0.2, 0.25) is 5.88 Å². The predicted molar refractivity (Wildman–Crippen MR) is 97.5 cm³/mol. The summed E-state index contributed by atoms with van der Waals surface area (Å²) in [4.78, 5) is 22.4. The standard InChI is InChI=1S/C17H16ClN3O2S/c1-4-23-16-13-10(3)14(24-17(13)20-8-19-16)15(22)21-12-6-5-11(18)7-9(12)2/h5-8H,4H2,1-3H3,(H,21,22). The number of ether oxygens (including phenoxy) is 1. The molecule has 0 saturated heterocycles. The van der Waals surface area contributed by atoms with E-state index >= 15 is 0 Å². The van der Waals surface area contributed by atoms with Crippen LogP contribution in [-0.2, 0) is 0 Å². The molecule has 3 rings (SSSR count). The van der Waals surface area contributed by atoms with Crippen molar-refractivity contribution in [2.75, 3.05) is 11.9 Å². The fourth-order valence-electron chi connectivity index (χ4n) is 2.45. The Balaban J connectivity index is 1.98. The first-order valence-electron chi connectivity index (χ1n) is 7.45. The van der Waals surface area contributed by atoms with Crippen LogP contribution in [0.2, 0.25) is 5.02 Å². The van der Waals surface area contributed by atoms with E-state index in [2.05, 4.69) is 15.3 Å². The summed E-state index contributed by atoms with van der Waals surface area (Å²) in [6, 6.07) is 5.36. The number of benzene rings is 1. The van der Waals surface area contributed by atoms with Crippen LogP contribution in [0.3, 0.4) is 0 Å². The number of aryl methyl sites for hydroxylation is 2. The van der Waals surface area contributed by atoms with Crippen molar-refractivity contribution in [2.45, 2.75) is 20.8 Å². The Morgan fingerprint density at radius 1 is 1.33 bits per heavy atom. The lowest BCUT2D eigenvalue weighted by molar-refractivity contribution is 0.103. The molecule has 2 heterocycles. The largest absolute Gasteiger partial charge is 0.477 e. The average Bonchev–Trinajstić information content (AvgIpc) is 2.88. The van der Waals surface area contributed by atoms with Gasteiger partial charge in [-0.1, -0.05) is 11.6 Å². The number of nitrogens with zero attached hydrogens (tertiary/aromatic N) is 2. The number of amides is 1. The Bertz CT molecular complexity index is 924. The molecule has 0 spiro atoms. The van der Waals surface area contributed by atoms with Crippen LogP contribution in [0.15, 0.2) is 24.5 Å². The topological polar surface area (TPSA) is 64.1 Å². The smallest absolute Gasteiger partial charge is 0.266 e. The van der Waals surface area contributed by atoms with Gasteiger partial charge in [-0.05, 0) is 50.1 Å². The summed E-state index contributed by atoms with van der Waals surface area (Å²) in [6.07, 6.45) is 1.45. The summed E-state index contributed by atoms with van der Waals surface area (Å²) < 4.78 is 5.55. The number of carbonyl (C=O) groups excluding carboxylic acids is 1. The number of fused-ring (bicyclic) bond motifs is 1. The van der Waals surface area contributed by atoms with Crippen LogP contribution >= 0.6 is 22.9 Å². The zero-order valence-electron chi connectivity index (χ0n) is 13.5. The highest BCUT2D eigenvalue weighted by molar-refractivity contribution is 7.20. The molecule has 24 heavy (non-hydrogen) atoms. The molecule has 0 aliphatic heterocycles. The fourth-order valence-corrected chi connectivity index (χ4v) is 3.71. The number of aromatic nitrogens is 2. The van der Waals surface area contributed by atoms with Gasteiger partial charge in [0, 0.05) is 10.7 Å². The maximum absolute atomic E-state index is 12.7. The average molecular weight is 362 g/mol. The van der Waals surface area contributed by atoms with Crippen molar-refractivity contribution < 1.29 is 9.53 Å². The van der Waals surface area contributed by atoms with E-state index in [1.807, 2.05) is 26.8 Å². The zero-order chi connectivity index (χ0) is 17.3. The quantitative estimate of drug-likeness (QED) is 0.736. The summed E-state index contributed by atoms with van der Waals surface area (Å²) in [6.45, 7) is 6.19. The molecular formula is C17H16ClN3O2S. The molecule has 3 aromatic rings. The van der Waals surface area contributed by atoms with Crippen molar-refractivity contribution in [2.24, 2.45) is 0 Å². The van der Waals surface area contributed by atoms with Gasteiger partial charge in [-0.2, -0.15) is 0 Å². The van der Waals surface area contributed by atoms with Gasteiger partial charge in [0.05, 0.1) is 16.9 Å². The third kappa shape index (κ3) is 3.07. The molecule has 1 amide bonds. The molecule has 0 radical (unpaired) electrons. The van der Waals surface area contributed by atoms with Gasteiger partial charge in [-0.15, -0.1) is 11.3 Å². The highest BCUT2D eigenvalue weighted by Gasteiger charge is 2.20. The molecule has 0 fully saturated rings. The van der Waals surface area contributed by atoms with E-state index in [4.69, 9.17) is 16.3 Å². The van der Waals surface area contributed by atoms with E-state index in [1.165, 1.54) is 17.7 Å². The molecule has 124 valence electrons. The van der Waals surface area contributed by atoms with Gasteiger partial charge < -0.3 is 10.1 Å². The zero-order valence-corrected chi connectivity index (χ0v) is 15.1. The molecule has 5 nitrogen and oxygen atoms in total. The first kappa shape index (κ1) is 16.7. The van der Waals surface area contributed by atoms with E-state index < -0.39 is 0 Å². The lowest BCUT2D eigenvalue weighted by atomic mass is 10.1. The van der Waals surface area contributed by atoms with E-state index in [0.29, 0.717) is 22.4 Å². The van der Waals surface area contributed by atoms with Crippen LogP contribution in [0, 0.1) is 13.8 Å². The lowest BCUT2D eigenvalue weighted by Gasteiger charge is -2.08. The molecule has 7 heteroatoms. The Labute approximate surface area is 148 Å². The number of rotatable bonds is 4. The van der Waals surface area contributed by atoms with Gasteiger partial charge in [0.1, 0.15) is 11.2 Å².